The number of allylic oxidation sites excluding steroid dienone is 5. The van der Waals surface area contributed by atoms with Crippen LogP contribution < -0.4 is 0 Å². The summed E-state index contributed by atoms with van der Waals surface area (Å²) in [6, 6.07) is 0. The Bertz CT molecular complexity index is 843. The highest BCUT2D eigenvalue weighted by atomic mass is 16.3. The molecule has 0 aliphatic heterocycles. The minimum absolute atomic E-state index is 0.0756. The molecule has 0 radical (unpaired) electrons. The van der Waals surface area contributed by atoms with Crippen LogP contribution in [0.4, 0.5) is 0 Å². The van der Waals surface area contributed by atoms with Gasteiger partial charge in [-0.1, -0.05) is 65.3 Å². The van der Waals surface area contributed by atoms with Crippen LogP contribution in [0.25, 0.3) is 0 Å². The lowest BCUT2D eigenvalue weighted by molar-refractivity contribution is -0.0872. The zero-order valence-electron chi connectivity index (χ0n) is 22.0. The summed E-state index contributed by atoms with van der Waals surface area (Å²) < 4.78 is 0. The smallest absolute Gasteiger partial charge is 0.0642 e. The summed E-state index contributed by atoms with van der Waals surface area (Å²) in [7, 11) is 0. The summed E-state index contributed by atoms with van der Waals surface area (Å²) >= 11 is 0. The van der Waals surface area contributed by atoms with Crippen molar-refractivity contribution in [3.8, 4) is 0 Å². The van der Waals surface area contributed by atoms with E-state index in [2.05, 4.69) is 73.6 Å². The van der Waals surface area contributed by atoms with Gasteiger partial charge in [0.2, 0.25) is 0 Å². The lowest BCUT2D eigenvalue weighted by Gasteiger charge is -2.61. The van der Waals surface area contributed by atoms with E-state index >= 15 is 0 Å². The van der Waals surface area contributed by atoms with Crippen LogP contribution >= 0.6 is 0 Å². The van der Waals surface area contributed by atoms with E-state index in [1.807, 2.05) is 0 Å². The van der Waals surface area contributed by atoms with E-state index < -0.39 is 0 Å². The molecule has 0 saturated heterocycles. The molecule has 2 saturated carbocycles. The van der Waals surface area contributed by atoms with Gasteiger partial charge in [0.05, 0.1) is 12.2 Å². The van der Waals surface area contributed by atoms with Crippen LogP contribution in [-0.2, 0) is 0 Å². The van der Waals surface area contributed by atoms with Crippen LogP contribution in [0.2, 0.25) is 0 Å². The highest BCUT2D eigenvalue weighted by Gasteiger charge is 2.66. The average Bonchev–Trinajstić information content (AvgIpc) is 2.92. The Hall–Kier alpha value is -0.860. The van der Waals surface area contributed by atoms with Gasteiger partial charge in [-0.2, -0.15) is 0 Å². The van der Waals surface area contributed by atoms with Crippen LogP contribution in [0.5, 0.6) is 0 Å². The van der Waals surface area contributed by atoms with Crippen molar-refractivity contribution in [2.24, 2.45) is 39.4 Å². The van der Waals surface area contributed by atoms with Gasteiger partial charge >= 0.3 is 0 Å². The highest BCUT2D eigenvalue weighted by Crippen LogP contribution is 2.71. The molecule has 0 amide bonds. The Morgan fingerprint density at radius 3 is 2.41 bits per heavy atom. The number of hydrogen-bond donors (Lipinski definition) is 2. The van der Waals surface area contributed by atoms with Crippen molar-refractivity contribution in [1.29, 1.82) is 0 Å². The fourth-order valence-corrected chi connectivity index (χ4v) is 8.77. The summed E-state index contributed by atoms with van der Waals surface area (Å²) in [5.74, 6) is 1.61. The maximum atomic E-state index is 11.6. The van der Waals surface area contributed by atoms with Crippen LogP contribution in [0.15, 0.2) is 34.9 Å². The van der Waals surface area contributed by atoms with Crippen molar-refractivity contribution < 1.29 is 10.2 Å². The largest absolute Gasteiger partial charge is 0.393 e. The van der Waals surface area contributed by atoms with Gasteiger partial charge in [0, 0.05) is 5.41 Å². The Morgan fingerprint density at radius 1 is 1.06 bits per heavy atom. The zero-order valence-corrected chi connectivity index (χ0v) is 22.0. The van der Waals surface area contributed by atoms with Crippen molar-refractivity contribution in [3.63, 3.8) is 0 Å². The molecule has 4 rings (SSSR count). The summed E-state index contributed by atoms with van der Waals surface area (Å²) in [5.41, 5.74) is 4.30. The molecule has 0 aromatic carbocycles. The van der Waals surface area contributed by atoms with Crippen LogP contribution in [0.3, 0.4) is 0 Å². The van der Waals surface area contributed by atoms with Crippen molar-refractivity contribution in [2.45, 2.75) is 113 Å². The van der Waals surface area contributed by atoms with Crippen LogP contribution in [0, 0.1) is 39.4 Å². The number of hydrogen-bond acceptors (Lipinski definition) is 2. The lowest BCUT2D eigenvalue weighted by Crippen LogP contribution is -2.55. The second-order valence-electron chi connectivity index (χ2n) is 13.3. The molecule has 2 nitrogen and oxygen atoms in total. The van der Waals surface area contributed by atoms with E-state index in [0.29, 0.717) is 17.8 Å². The van der Waals surface area contributed by atoms with Gasteiger partial charge < -0.3 is 10.2 Å². The number of fused-ring (bicyclic) bond motifs is 5. The molecule has 0 aromatic rings. The Morgan fingerprint density at radius 2 is 1.75 bits per heavy atom. The third-order valence-electron chi connectivity index (χ3n) is 11.2. The van der Waals surface area contributed by atoms with E-state index in [4.69, 9.17) is 0 Å². The molecule has 2 N–H and O–H groups in total. The topological polar surface area (TPSA) is 40.5 Å². The van der Waals surface area contributed by atoms with Crippen molar-refractivity contribution in [2.75, 3.05) is 0 Å². The third kappa shape index (κ3) is 3.18. The minimum Gasteiger partial charge on any atom is -0.393 e. The Labute approximate surface area is 197 Å². The first-order chi connectivity index (χ1) is 14.8. The SMILES string of the molecule is CC(C)=CCCC(C)[C@H]1CC(O)C2(C)C3=CCC4C(C)(C)[C@@H](O)CC[C@]4(C)C3=CC[C@]12C. The molecular weight excluding hydrogens is 392 g/mol. The summed E-state index contributed by atoms with van der Waals surface area (Å²) in [6.07, 6.45) is 14.2. The Kier molecular flexibility index (Phi) is 5.95. The molecule has 4 aliphatic rings. The van der Waals surface area contributed by atoms with E-state index in [1.54, 1.807) is 0 Å². The van der Waals surface area contributed by atoms with Crippen molar-refractivity contribution in [1.82, 2.24) is 0 Å². The quantitative estimate of drug-likeness (QED) is 0.453. The number of rotatable bonds is 4. The molecule has 2 heteroatoms. The van der Waals surface area contributed by atoms with E-state index in [9.17, 15) is 10.2 Å². The first kappa shape index (κ1) is 24.3. The van der Waals surface area contributed by atoms with E-state index in [-0.39, 0.29) is 33.9 Å². The monoisotopic (exact) mass is 440 g/mol. The molecule has 4 unspecified atom stereocenters. The third-order valence-corrected chi connectivity index (χ3v) is 11.2. The van der Waals surface area contributed by atoms with Gasteiger partial charge in [-0.15, -0.1) is 0 Å². The summed E-state index contributed by atoms with van der Waals surface area (Å²) in [5, 5.41) is 22.4. The van der Waals surface area contributed by atoms with Gasteiger partial charge in [-0.25, -0.2) is 0 Å². The Balaban J connectivity index is 1.70. The molecule has 2 fully saturated rings. The molecule has 32 heavy (non-hydrogen) atoms. The molecule has 180 valence electrons. The minimum atomic E-state index is -0.277. The van der Waals surface area contributed by atoms with Gasteiger partial charge in [0.15, 0.2) is 0 Å². The first-order valence-corrected chi connectivity index (χ1v) is 13.2. The second-order valence-corrected chi connectivity index (χ2v) is 13.3. The fourth-order valence-electron chi connectivity index (χ4n) is 8.77. The predicted octanol–water partition coefficient (Wildman–Crippen LogP) is 7.23. The van der Waals surface area contributed by atoms with Crippen molar-refractivity contribution in [3.05, 3.63) is 34.9 Å². The molecule has 0 heterocycles. The molecule has 0 spiro atoms. The molecular formula is C30H48O2. The molecule has 4 aliphatic carbocycles. The van der Waals surface area contributed by atoms with Gasteiger partial charge in [0.25, 0.3) is 0 Å². The maximum Gasteiger partial charge on any atom is 0.0642 e. The van der Waals surface area contributed by atoms with Crippen LogP contribution in [0.1, 0.15) is 100 Å². The van der Waals surface area contributed by atoms with E-state index in [0.717, 1.165) is 38.5 Å². The zero-order chi connectivity index (χ0) is 23.7. The lowest BCUT2D eigenvalue weighted by atomic mass is 9.44. The molecule has 0 bridgehead atoms. The predicted molar refractivity (Wildman–Crippen MR) is 134 cm³/mol. The van der Waals surface area contributed by atoms with Crippen molar-refractivity contribution >= 4 is 0 Å². The highest BCUT2D eigenvalue weighted by molar-refractivity contribution is 5.50. The fraction of sp³-hybridized carbons (Fsp3) is 0.800. The first-order valence-electron chi connectivity index (χ1n) is 13.2. The normalized spacial score (nSPS) is 45.7. The number of aliphatic hydroxyl groups is 2. The molecule has 0 aromatic heterocycles. The summed E-state index contributed by atoms with van der Waals surface area (Å²) in [4.78, 5) is 0. The van der Waals surface area contributed by atoms with E-state index in [1.165, 1.54) is 23.1 Å². The van der Waals surface area contributed by atoms with Gasteiger partial charge in [-0.05, 0) is 104 Å². The summed E-state index contributed by atoms with van der Waals surface area (Å²) in [6.45, 7) is 18.6. The van der Waals surface area contributed by atoms with Gasteiger partial charge in [0.1, 0.15) is 0 Å². The standard InChI is InChI=1S/C30H48O2/c1-19(2)10-9-11-20(3)23-18-26(32)30(8)22-12-13-24-27(4,5)25(31)15-16-28(24,6)21(22)14-17-29(23,30)7/h10,12,14,20,23-26,31-32H,9,11,13,15-18H2,1-8H3/t20?,23-,24?,25+,26?,28-,29-,30?/m1/s1. The maximum absolute atomic E-state index is 11.6. The second kappa shape index (κ2) is 7.84. The number of aliphatic hydroxyl groups excluding tert-OH is 2. The van der Waals surface area contributed by atoms with Gasteiger partial charge in [-0.3, -0.25) is 0 Å². The molecule has 8 atom stereocenters. The van der Waals surface area contributed by atoms with Crippen LogP contribution in [-0.4, -0.2) is 22.4 Å². The average molecular weight is 441 g/mol.